The van der Waals surface area contributed by atoms with Crippen molar-refractivity contribution < 1.29 is 22.2 Å². The van der Waals surface area contributed by atoms with Gasteiger partial charge < -0.3 is 7.96 Å². The smallest absolute Gasteiger partial charge is 1.00 e. The van der Waals surface area contributed by atoms with Crippen LogP contribution in [0.4, 0.5) is 0 Å². The van der Waals surface area contributed by atoms with Gasteiger partial charge in [-0.15, -0.1) is 0 Å². The third-order valence-corrected chi connectivity index (χ3v) is 2.65. The van der Waals surface area contributed by atoms with Crippen molar-refractivity contribution in [1.82, 2.24) is 0 Å². The normalized spacial score (nSPS) is 10.3. The van der Waals surface area contributed by atoms with Crippen molar-refractivity contribution in [2.45, 2.75) is 12.8 Å². The average molecular weight is 239 g/mol. The molecule has 0 aliphatic carbocycles. The average Bonchev–Trinajstić information content (AvgIpc) is 2.15. The Hall–Kier alpha value is -0.484. The van der Waals surface area contributed by atoms with Crippen molar-refractivity contribution >= 4 is 42.4 Å². The van der Waals surface area contributed by atoms with Crippen LogP contribution >= 0.6 is 8.03 Å². The first-order valence-corrected chi connectivity index (χ1v) is 5.28. The van der Waals surface area contributed by atoms with Crippen LogP contribution in [0.3, 0.4) is 0 Å². The minimum absolute atomic E-state index is 0. The van der Waals surface area contributed by atoms with Crippen molar-refractivity contribution in [3.8, 4) is 0 Å². The van der Waals surface area contributed by atoms with Gasteiger partial charge in [0.15, 0.2) is 0 Å². The molecule has 0 fully saturated rings. The topological polar surface area (TPSA) is 74.6 Å². The van der Waals surface area contributed by atoms with E-state index in [4.69, 9.17) is 10.00 Å². The van der Waals surface area contributed by atoms with Gasteiger partial charge in [-0.25, -0.2) is 0 Å². The number of rotatable bonds is 4. The van der Waals surface area contributed by atoms with Crippen LogP contribution in [-0.2, 0) is 15.8 Å². The number of aryl methyl sites for hydroxylation is 1. The van der Waals surface area contributed by atoms with E-state index in [0.29, 0.717) is 10.9 Å². The Labute approximate surface area is 107 Å². The van der Waals surface area contributed by atoms with Crippen LogP contribution in [-0.4, -0.2) is 39.0 Å². The second kappa shape index (κ2) is 6.90. The Morgan fingerprint density at radius 1 is 1.40 bits per heavy atom. The summed E-state index contributed by atoms with van der Waals surface area (Å²) < 4.78 is 10.9. The molecule has 15 heavy (non-hydrogen) atoms. The second-order valence-corrected chi connectivity index (χ2v) is 3.82. The molecule has 78 valence electrons. The first kappa shape index (κ1) is 14.5. The van der Waals surface area contributed by atoms with Gasteiger partial charge in [0.1, 0.15) is 0 Å². The zero-order valence-electron chi connectivity index (χ0n) is 10.1. The molecule has 0 bridgehead atoms. The van der Waals surface area contributed by atoms with Crippen molar-refractivity contribution in [3.63, 3.8) is 0 Å². The van der Waals surface area contributed by atoms with Gasteiger partial charge >= 0.3 is 37.1 Å². The standard InChI is InChI=1S/C9H9O4P.Mg.2H/c10-9(11)6-5-7-3-1-2-4-8(7)14(12)13;;;/h1-4H,5-6H2,(H-,10,11,12,13);;;/q;+2;2*-1/p+1. The van der Waals surface area contributed by atoms with E-state index in [0.717, 1.165) is 0 Å². The summed E-state index contributed by atoms with van der Waals surface area (Å²) in [6.45, 7) is 0. The summed E-state index contributed by atoms with van der Waals surface area (Å²) in [6, 6.07) is 6.58. The number of aliphatic carboxylic acids is 1. The molecule has 0 aliphatic heterocycles. The fourth-order valence-electron chi connectivity index (χ4n) is 1.15. The number of hydrogen-bond donors (Lipinski definition) is 2. The first-order chi connectivity index (χ1) is 6.61. The zero-order valence-corrected chi connectivity index (χ0v) is 10.4. The number of carboxylic acids is 1. The molecule has 0 amide bonds. The van der Waals surface area contributed by atoms with Gasteiger partial charge in [0.2, 0.25) is 5.30 Å². The van der Waals surface area contributed by atoms with Crippen LogP contribution < -0.4 is 5.30 Å². The minimum atomic E-state index is -2.39. The van der Waals surface area contributed by atoms with E-state index in [1.807, 2.05) is 0 Å². The Balaban J connectivity index is -0.000000653. The number of carbonyl (C=O) groups is 1. The molecule has 1 unspecified atom stereocenters. The van der Waals surface area contributed by atoms with Gasteiger partial charge in [-0.1, -0.05) is 18.2 Å². The molecule has 2 N–H and O–H groups in total. The van der Waals surface area contributed by atoms with Crippen LogP contribution in [0.1, 0.15) is 14.8 Å². The zero-order chi connectivity index (χ0) is 10.6. The molecule has 0 saturated heterocycles. The van der Waals surface area contributed by atoms with Crippen molar-refractivity contribution in [1.29, 1.82) is 0 Å². The van der Waals surface area contributed by atoms with E-state index in [1.165, 1.54) is 6.07 Å². The van der Waals surface area contributed by atoms with Crippen LogP contribution in [0.25, 0.3) is 0 Å². The first-order valence-electron chi connectivity index (χ1n) is 4.07. The summed E-state index contributed by atoms with van der Waals surface area (Å²) in [5, 5.41) is 8.79. The molecular formula is C9H12MgO4P+. The van der Waals surface area contributed by atoms with Gasteiger partial charge in [-0.2, -0.15) is 4.89 Å². The summed E-state index contributed by atoms with van der Waals surface area (Å²) in [5.74, 6) is -0.909. The van der Waals surface area contributed by atoms with E-state index in [2.05, 4.69) is 0 Å². The molecule has 0 saturated carbocycles. The molecule has 0 heterocycles. The summed E-state index contributed by atoms with van der Waals surface area (Å²) in [7, 11) is -2.39. The van der Waals surface area contributed by atoms with Crippen molar-refractivity contribution in [2.75, 3.05) is 0 Å². The number of hydrogen-bond acceptors (Lipinski definition) is 2. The van der Waals surface area contributed by atoms with Gasteiger partial charge in [-0.3, -0.25) is 4.79 Å². The van der Waals surface area contributed by atoms with E-state index in [1.54, 1.807) is 18.2 Å². The maximum absolute atomic E-state index is 10.9. The Bertz CT molecular complexity index is 376. The molecule has 4 nitrogen and oxygen atoms in total. The molecule has 1 aromatic carbocycles. The predicted octanol–water partition coefficient (Wildman–Crippen LogP) is 0.908. The van der Waals surface area contributed by atoms with Crippen LogP contribution in [0.2, 0.25) is 0 Å². The van der Waals surface area contributed by atoms with E-state index < -0.39 is 14.0 Å². The van der Waals surface area contributed by atoms with E-state index in [-0.39, 0.29) is 38.7 Å². The molecule has 1 rings (SSSR count). The maximum Gasteiger partial charge on any atom is 2.00 e. The molecule has 0 aliphatic rings. The Morgan fingerprint density at radius 3 is 2.53 bits per heavy atom. The molecule has 6 heteroatoms. The molecule has 0 radical (unpaired) electrons. The SMILES string of the molecule is O=C(O)CCc1ccccc1[P+](=O)O.[H-].[H-].[Mg+2]. The molecule has 1 aromatic rings. The maximum atomic E-state index is 10.9. The third kappa shape index (κ3) is 4.71. The van der Waals surface area contributed by atoms with Gasteiger partial charge in [0, 0.05) is 12.0 Å². The summed E-state index contributed by atoms with van der Waals surface area (Å²) in [4.78, 5) is 19.3. The summed E-state index contributed by atoms with van der Waals surface area (Å²) in [6.07, 6.45) is 0.257. The van der Waals surface area contributed by atoms with E-state index in [9.17, 15) is 9.36 Å². The molecule has 1 atom stereocenters. The van der Waals surface area contributed by atoms with Crippen LogP contribution in [0.15, 0.2) is 24.3 Å². The van der Waals surface area contributed by atoms with Gasteiger partial charge in [0.25, 0.3) is 0 Å². The molecular weight excluding hydrogens is 227 g/mol. The van der Waals surface area contributed by atoms with Gasteiger partial charge in [-0.05, 0) is 17.1 Å². The Kier molecular flexibility index (Phi) is 6.68. The molecule has 0 spiro atoms. The number of carboxylic acid groups (broad SMARTS) is 1. The largest absolute Gasteiger partial charge is 2.00 e. The fourth-order valence-corrected chi connectivity index (χ4v) is 1.80. The van der Waals surface area contributed by atoms with Crippen LogP contribution in [0.5, 0.6) is 0 Å². The quantitative estimate of drug-likeness (QED) is 0.605. The number of benzene rings is 1. The van der Waals surface area contributed by atoms with Crippen LogP contribution in [0, 0.1) is 0 Å². The van der Waals surface area contributed by atoms with E-state index >= 15 is 0 Å². The predicted molar refractivity (Wildman–Crippen MR) is 59.8 cm³/mol. The van der Waals surface area contributed by atoms with Crippen molar-refractivity contribution in [3.05, 3.63) is 29.8 Å². The Morgan fingerprint density at radius 2 is 2.00 bits per heavy atom. The summed E-state index contributed by atoms with van der Waals surface area (Å²) >= 11 is 0. The minimum Gasteiger partial charge on any atom is -1.00 e. The third-order valence-electron chi connectivity index (χ3n) is 1.81. The monoisotopic (exact) mass is 239 g/mol. The van der Waals surface area contributed by atoms with Gasteiger partial charge in [0.05, 0.1) is 0 Å². The fraction of sp³-hybridized carbons (Fsp3) is 0.222. The molecule has 0 aromatic heterocycles. The summed E-state index contributed by atoms with van der Waals surface area (Å²) in [5.41, 5.74) is 0.624. The second-order valence-electron chi connectivity index (χ2n) is 2.80. The van der Waals surface area contributed by atoms with Crippen molar-refractivity contribution in [2.24, 2.45) is 0 Å².